The Hall–Kier alpha value is -3.12. The van der Waals surface area contributed by atoms with Crippen LogP contribution in [0, 0.1) is 34.6 Å². The highest BCUT2D eigenvalue weighted by Gasteiger charge is 2.20. The summed E-state index contributed by atoms with van der Waals surface area (Å²) >= 11 is 0. The third-order valence-corrected chi connectivity index (χ3v) is 6.55. The molecular weight excluding hydrogens is 396 g/mol. The van der Waals surface area contributed by atoms with Crippen LogP contribution in [0.4, 0.5) is 11.4 Å². The van der Waals surface area contributed by atoms with Gasteiger partial charge < -0.3 is 5.32 Å². The average Bonchev–Trinajstić information content (AvgIpc) is 2.66. The van der Waals surface area contributed by atoms with E-state index >= 15 is 0 Å². The smallest absolute Gasteiger partial charge is 0.262 e. The number of hydrogen-bond acceptors (Lipinski definition) is 3. The lowest BCUT2D eigenvalue weighted by molar-refractivity contribution is 0.102. The van der Waals surface area contributed by atoms with Crippen LogP contribution in [-0.2, 0) is 10.0 Å². The molecule has 5 nitrogen and oxygen atoms in total. The van der Waals surface area contributed by atoms with Crippen LogP contribution in [0.1, 0.15) is 38.2 Å². The van der Waals surface area contributed by atoms with Gasteiger partial charge in [0, 0.05) is 11.3 Å². The molecule has 30 heavy (non-hydrogen) atoms. The molecule has 0 radical (unpaired) electrons. The number of benzene rings is 3. The molecule has 0 saturated carbocycles. The highest BCUT2D eigenvalue weighted by atomic mass is 32.2. The first-order valence-electron chi connectivity index (χ1n) is 9.67. The van der Waals surface area contributed by atoms with E-state index in [1.54, 1.807) is 31.2 Å². The van der Waals surface area contributed by atoms with E-state index in [0.29, 0.717) is 11.3 Å². The molecule has 0 bridgehead atoms. The summed E-state index contributed by atoms with van der Waals surface area (Å²) in [6.45, 7) is 9.42. The van der Waals surface area contributed by atoms with Gasteiger partial charge in [0.1, 0.15) is 0 Å². The van der Waals surface area contributed by atoms with Crippen LogP contribution < -0.4 is 10.0 Å². The van der Waals surface area contributed by atoms with Crippen molar-refractivity contribution in [2.75, 3.05) is 10.0 Å². The van der Waals surface area contributed by atoms with E-state index in [2.05, 4.69) is 10.0 Å². The lowest BCUT2D eigenvalue weighted by Gasteiger charge is -2.15. The number of para-hydroxylation sites is 1. The molecule has 0 aliphatic rings. The molecule has 0 saturated heterocycles. The molecule has 2 N–H and O–H groups in total. The molecular formula is C24H26N2O3S. The Morgan fingerprint density at radius 2 is 1.40 bits per heavy atom. The van der Waals surface area contributed by atoms with Crippen molar-refractivity contribution in [3.8, 4) is 0 Å². The van der Waals surface area contributed by atoms with Crippen LogP contribution in [0.25, 0.3) is 0 Å². The van der Waals surface area contributed by atoms with E-state index in [1.165, 1.54) is 6.07 Å². The average molecular weight is 423 g/mol. The summed E-state index contributed by atoms with van der Waals surface area (Å²) < 4.78 is 28.6. The molecule has 0 unspecified atom stereocenters. The van der Waals surface area contributed by atoms with Gasteiger partial charge in [-0.15, -0.1) is 0 Å². The highest BCUT2D eigenvalue weighted by Crippen LogP contribution is 2.25. The van der Waals surface area contributed by atoms with Crippen LogP contribution in [0.15, 0.2) is 59.5 Å². The van der Waals surface area contributed by atoms with E-state index in [4.69, 9.17) is 0 Å². The Bertz CT molecular complexity index is 1210. The maximum absolute atomic E-state index is 13.0. The van der Waals surface area contributed by atoms with Gasteiger partial charge in [0.15, 0.2) is 0 Å². The number of carbonyl (C=O) groups excluding carboxylic acids is 1. The van der Waals surface area contributed by atoms with Crippen molar-refractivity contribution in [2.45, 2.75) is 39.5 Å². The first-order chi connectivity index (χ1) is 14.1. The van der Waals surface area contributed by atoms with Crippen molar-refractivity contribution < 1.29 is 13.2 Å². The van der Waals surface area contributed by atoms with Gasteiger partial charge in [0.25, 0.3) is 15.9 Å². The Kier molecular flexibility index (Phi) is 5.99. The lowest BCUT2D eigenvalue weighted by atomic mass is 10.0. The molecule has 3 aromatic carbocycles. The molecule has 6 heteroatoms. The number of sulfonamides is 1. The largest absolute Gasteiger partial charge is 0.322 e. The number of carbonyl (C=O) groups is 1. The molecule has 0 fully saturated rings. The summed E-state index contributed by atoms with van der Waals surface area (Å²) in [5.41, 5.74) is 5.96. The number of nitrogens with one attached hydrogen (secondary N) is 2. The number of anilines is 2. The molecule has 0 aliphatic carbocycles. The third kappa shape index (κ3) is 4.54. The molecule has 0 aliphatic heterocycles. The Labute approximate surface area is 178 Å². The quantitative estimate of drug-likeness (QED) is 0.587. The van der Waals surface area contributed by atoms with Gasteiger partial charge in [-0.3, -0.25) is 9.52 Å². The second-order valence-electron chi connectivity index (χ2n) is 7.63. The molecule has 0 heterocycles. The summed E-state index contributed by atoms with van der Waals surface area (Å²) in [5.74, 6) is -0.350. The topological polar surface area (TPSA) is 75.3 Å². The Morgan fingerprint density at radius 3 is 2.03 bits per heavy atom. The van der Waals surface area contributed by atoms with Gasteiger partial charge in [-0.1, -0.05) is 42.0 Å². The van der Waals surface area contributed by atoms with Crippen LogP contribution in [0.3, 0.4) is 0 Å². The first-order valence-corrected chi connectivity index (χ1v) is 11.1. The van der Waals surface area contributed by atoms with Crippen molar-refractivity contribution in [3.63, 3.8) is 0 Å². The van der Waals surface area contributed by atoms with Crippen molar-refractivity contribution in [2.24, 2.45) is 0 Å². The lowest BCUT2D eigenvalue weighted by Crippen LogP contribution is -2.18. The van der Waals surface area contributed by atoms with Gasteiger partial charge in [0.05, 0.1) is 10.6 Å². The van der Waals surface area contributed by atoms with Crippen LogP contribution in [0.2, 0.25) is 0 Å². The molecule has 156 valence electrons. The molecule has 1 amide bonds. The summed E-state index contributed by atoms with van der Waals surface area (Å²) in [4.78, 5) is 13.0. The Morgan fingerprint density at radius 1 is 0.767 bits per heavy atom. The van der Waals surface area contributed by atoms with E-state index in [9.17, 15) is 13.2 Å². The number of hydrogen-bond donors (Lipinski definition) is 2. The fraction of sp³-hybridized carbons (Fsp3) is 0.208. The normalized spacial score (nSPS) is 11.2. The fourth-order valence-corrected chi connectivity index (χ4v) is 4.88. The van der Waals surface area contributed by atoms with Gasteiger partial charge in [0.2, 0.25) is 0 Å². The summed E-state index contributed by atoms with van der Waals surface area (Å²) in [7, 11) is -3.85. The first kappa shape index (κ1) is 21.6. The maximum Gasteiger partial charge on any atom is 0.262 e. The van der Waals surface area contributed by atoms with Gasteiger partial charge in [-0.25, -0.2) is 8.42 Å². The fourth-order valence-electron chi connectivity index (χ4n) is 3.48. The predicted molar refractivity (Wildman–Crippen MR) is 122 cm³/mol. The molecule has 0 aromatic heterocycles. The second kappa shape index (κ2) is 8.32. The van der Waals surface area contributed by atoms with Crippen LogP contribution in [0.5, 0.6) is 0 Å². The Balaban J connectivity index is 1.93. The molecule has 0 spiro atoms. The van der Waals surface area contributed by atoms with Crippen LogP contribution in [-0.4, -0.2) is 14.3 Å². The number of aryl methyl sites for hydroxylation is 5. The number of amides is 1. The SMILES string of the molecule is Cc1cc(C)c(NC(=O)c2ccc(C)c(S(=O)(=O)Nc3ccccc3C)c2)c(C)c1. The van der Waals surface area contributed by atoms with E-state index in [1.807, 2.05) is 52.0 Å². The molecule has 0 atom stereocenters. The molecule has 3 aromatic rings. The van der Waals surface area contributed by atoms with Crippen molar-refractivity contribution >= 4 is 27.3 Å². The van der Waals surface area contributed by atoms with Crippen molar-refractivity contribution in [1.82, 2.24) is 0 Å². The van der Waals surface area contributed by atoms with Gasteiger partial charge in [-0.2, -0.15) is 0 Å². The van der Waals surface area contributed by atoms with E-state index < -0.39 is 10.0 Å². The van der Waals surface area contributed by atoms with Gasteiger partial charge in [-0.05, 0) is 75.1 Å². The predicted octanol–water partition coefficient (Wildman–Crippen LogP) is 5.28. The zero-order valence-electron chi connectivity index (χ0n) is 17.8. The zero-order valence-corrected chi connectivity index (χ0v) is 18.6. The molecule has 3 rings (SSSR count). The van der Waals surface area contributed by atoms with Gasteiger partial charge >= 0.3 is 0 Å². The highest BCUT2D eigenvalue weighted by molar-refractivity contribution is 7.92. The number of rotatable bonds is 5. The maximum atomic E-state index is 13.0. The monoisotopic (exact) mass is 422 g/mol. The zero-order chi connectivity index (χ0) is 22.1. The summed E-state index contributed by atoms with van der Waals surface area (Å²) in [5, 5.41) is 2.92. The minimum Gasteiger partial charge on any atom is -0.322 e. The van der Waals surface area contributed by atoms with E-state index in [-0.39, 0.29) is 16.4 Å². The van der Waals surface area contributed by atoms with Crippen LogP contribution >= 0.6 is 0 Å². The summed E-state index contributed by atoms with van der Waals surface area (Å²) in [6.07, 6.45) is 0. The van der Waals surface area contributed by atoms with E-state index in [0.717, 1.165) is 27.9 Å². The summed E-state index contributed by atoms with van der Waals surface area (Å²) in [6, 6.07) is 15.9. The second-order valence-corrected chi connectivity index (χ2v) is 9.28. The minimum absolute atomic E-state index is 0.0794. The third-order valence-electron chi connectivity index (χ3n) is 5.04. The minimum atomic E-state index is -3.85. The standard InChI is InChI=1S/C24H26N2O3S/c1-15-12-18(4)23(19(5)13-15)25-24(27)20-11-10-17(3)22(14-20)30(28,29)26-21-9-7-6-8-16(21)2/h6-14,26H,1-5H3,(H,25,27). The van der Waals surface area contributed by atoms with Crippen molar-refractivity contribution in [1.29, 1.82) is 0 Å². The van der Waals surface area contributed by atoms with Crippen molar-refractivity contribution in [3.05, 3.63) is 88.0 Å².